The first-order chi connectivity index (χ1) is 6.11. The predicted molar refractivity (Wildman–Crippen MR) is 52.2 cm³/mol. The third-order valence-electron chi connectivity index (χ3n) is 1.60. The second-order valence-corrected chi connectivity index (χ2v) is 3.15. The van der Waals surface area contributed by atoms with Crippen LogP contribution in [0.1, 0.15) is 24.2 Å². The lowest BCUT2D eigenvalue weighted by atomic mass is 10.1. The van der Waals surface area contributed by atoms with Crippen LogP contribution in [0.25, 0.3) is 0 Å². The molecule has 0 atom stereocenters. The largest absolute Gasteiger partial charge is 0.478 e. The van der Waals surface area contributed by atoms with E-state index in [4.69, 9.17) is 5.11 Å². The smallest absolute Gasteiger partial charge is 0.337 e. The third-order valence-corrected chi connectivity index (χ3v) is 1.60. The number of benzene rings is 1. The molecule has 0 unspecified atom stereocenters. The summed E-state index contributed by atoms with van der Waals surface area (Å²) in [5.74, 6) is -0.899. The van der Waals surface area contributed by atoms with E-state index in [0.717, 1.165) is 0 Å². The average molecular weight is 179 g/mol. The van der Waals surface area contributed by atoms with Gasteiger partial charge in [-0.05, 0) is 26.0 Å². The Bertz CT molecular complexity index is 308. The Hall–Kier alpha value is -1.51. The average Bonchev–Trinajstić information content (AvgIpc) is 2.03. The van der Waals surface area contributed by atoms with Gasteiger partial charge in [0.25, 0.3) is 0 Å². The van der Waals surface area contributed by atoms with Crippen LogP contribution in [0, 0.1) is 0 Å². The summed E-state index contributed by atoms with van der Waals surface area (Å²) in [4.78, 5) is 10.8. The second-order valence-electron chi connectivity index (χ2n) is 3.15. The quantitative estimate of drug-likeness (QED) is 0.747. The van der Waals surface area contributed by atoms with Gasteiger partial charge in [0.15, 0.2) is 0 Å². The predicted octanol–water partition coefficient (Wildman–Crippen LogP) is 2.21. The van der Waals surface area contributed by atoms with Crippen molar-refractivity contribution in [3.8, 4) is 0 Å². The molecule has 0 spiro atoms. The number of rotatable bonds is 3. The Balaban J connectivity index is 2.98. The molecule has 3 nitrogen and oxygen atoms in total. The minimum Gasteiger partial charge on any atom is -0.478 e. The monoisotopic (exact) mass is 179 g/mol. The maximum Gasteiger partial charge on any atom is 0.337 e. The fourth-order valence-electron chi connectivity index (χ4n) is 1.11. The van der Waals surface area contributed by atoms with Crippen LogP contribution in [0.4, 0.5) is 5.69 Å². The molecule has 0 bridgehead atoms. The van der Waals surface area contributed by atoms with Crippen LogP contribution in [0.3, 0.4) is 0 Å². The first kappa shape index (κ1) is 9.58. The molecule has 1 aromatic carbocycles. The highest BCUT2D eigenvalue weighted by Gasteiger charge is 2.08. The lowest BCUT2D eigenvalue weighted by molar-refractivity contribution is 0.0698. The molecule has 0 heterocycles. The number of aromatic carboxylic acids is 1. The summed E-state index contributed by atoms with van der Waals surface area (Å²) in [6.45, 7) is 3.94. The zero-order valence-electron chi connectivity index (χ0n) is 7.74. The number of carboxylic acids is 1. The van der Waals surface area contributed by atoms with Crippen molar-refractivity contribution >= 4 is 11.7 Å². The number of hydrogen-bond acceptors (Lipinski definition) is 2. The first-order valence-electron chi connectivity index (χ1n) is 4.20. The minimum absolute atomic E-state index is 0.237. The Morgan fingerprint density at radius 3 is 2.54 bits per heavy atom. The summed E-state index contributed by atoms with van der Waals surface area (Å²) >= 11 is 0. The van der Waals surface area contributed by atoms with E-state index in [1.54, 1.807) is 18.2 Å². The standard InChI is InChI=1S/C10H13NO2/c1-7(2)11-9-6-4-3-5-8(9)10(12)13/h3-7,11H,1-2H3,(H,12,13). The van der Waals surface area contributed by atoms with Crippen molar-refractivity contribution in [2.45, 2.75) is 19.9 Å². The summed E-state index contributed by atoms with van der Waals surface area (Å²) in [7, 11) is 0. The van der Waals surface area contributed by atoms with Crippen molar-refractivity contribution in [2.75, 3.05) is 5.32 Å². The topological polar surface area (TPSA) is 49.3 Å². The van der Waals surface area contributed by atoms with Crippen LogP contribution in [-0.2, 0) is 0 Å². The van der Waals surface area contributed by atoms with E-state index in [-0.39, 0.29) is 6.04 Å². The zero-order valence-corrected chi connectivity index (χ0v) is 7.74. The van der Waals surface area contributed by atoms with Crippen LogP contribution >= 0.6 is 0 Å². The first-order valence-corrected chi connectivity index (χ1v) is 4.20. The number of anilines is 1. The van der Waals surface area contributed by atoms with Gasteiger partial charge in [-0.2, -0.15) is 0 Å². The molecule has 2 N–H and O–H groups in total. The lowest BCUT2D eigenvalue weighted by Gasteiger charge is -2.11. The molecule has 0 fully saturated rings. The Morgan fingerprint density at radius 1 is 1.38 bits per heavy atom. The number of nitrogens with one attached hydrogen (secondary N) is 1. The van der Waals surface area contributed by atoms with Crippen LogP contribution in [0.5, 0.6) is 0 Å². The molecule has 3 heteroatoms. The second kappa shape index (κ2) is 3.94. The Kier molecular flexibility index (Phi) is 2.90. The van der Waals surface area contributed by atoms with Crippen LogP contribution in [-0.4, -0.2) is 17.1 Å². The molecular formula is C10H13NO2. The van der Waals surface area contributed by atoms with Crippen molar-refractivity contribution in [1.82, 2.24) is 0 Å². The molecule has 0 aliphatic heterocycles. The minimum atomic E-state index is -0.899. The van der Waals surface area contributed by atoms with Gasteiger partial charge in [-0.15, -0.1) is 0 Å². The molecule has 0 saturated carbocycles. The van der Waals surface area contributed by atoms with Crippen LogP contribution in [0.15, 0.2) is 24.3 Å². The molecule has 70 valence electrons. The van der Waals surface area contributed by atoms with E-state index >= 15 is 0 Å². The van der Waals surface area contributed by atoms with Gasteiger partial charge in [0.2, 0.25) is 0 Å². The maximum atomic E-state index is 10.8. The maximum absolute atomic E-state index is 10.8. The van der Waals surface area contributed by atoms with E-state index in [0.29, 0.717) is 11.3 Å². The summed E-state index contributed by atoms with van der Waals surface area (Å²) in [5.41, 5.74) is 0.987. The van der Waals surface area contributed by atoms with Gasteiger partial charge >= 0.3 is 5.97 Å². The summed E-state index contributed by atoms with van der Waals surface area (Å²) in [6.07, 6.45) is 0. The van der Waals surface area contributed by atoms with Crippen molar-refractivity contribution in [3.05, 3.63) is 29.8 Å². The summed E-state index contributed by atoms with van der Waals surface area (Å²) in [5, 5.41) is 11.9. The molecule has 0 radical (unpaired) electrons. The van der Waals surface area contributed by atoms with Gasteiger partial charge in [0, 0.05) is 11.7 Å². The Labute approximate surface area is 77.4 Å². The molecule has 0 saturated heterocycles. The SMILES string of the molecule is CC(C)Nc1ccccc1C(=O)O. The molecule has 0 aromatic heterocycles. The zero-order chi connectivity index (χ0) is 9.84. The van der Waals surface area contributed by atoms with Gasteiger partial charge in [-0.3, -0.25) is 0 Å². The summed E-state index contributed by atoms with van der Waals surface area (Å²) in [6, 6.07) is 7.13. The fourth-order valence-corrected chi connectivity index (χ4v) is 1.11. The number of para-hydroxylation sites is 1. The van der Waals surface area contributed by atoms with Crippen molar-refractivity contribution in [3.63, 3.8) is 0 Å². The Morgan fingerprint density at radius 2 is 2.00 bits per heavy atom. The van der Waals surface area contributed by atoms with Crippen LogP contribution < -0.4 is 5.32 Å². The van der Waals surface area contributed by atoms with Gasteiger partial charge in [-0.1, -0.05) is 12.1 Å². The molecule has 0 aliphatic carbocycles. The van der Waals surface area contributed by atoms with E-state index in [2.05, 4.69) is 5.32 Å². The molecule has 0 amide bonds. The molecule has 1 rings (SSSR count). The van der Waals surface area contributed by atoms with Gasteiger partial charge in [0.05, 0.1) is 5.56 Å². The fraction of sp³-hybridized carbons (Fsp3) is 0.300. The number of hydrogen-bond donors (Lipinski definition) is 2. The van der Waals surface area contributed by atoms with Crippen LogP contribution in [0.2, 0.25) is 0 Å². The number of carbonyl (C=O) groups is 1. The van der Waals surface area contributed by atoms with Crippen molar-refractivity contribution in [2.24, 2.45) is 0 Å². The van der Waals surface area contributed by atoms with Gasteiger partial charge in [0.1, 0.15) is 0 Å². The normalized spacial score (nSPS) is 10.1. The molecule has 13 heavy (non-hydrogen) atoms. The van der Waals surface area contributed by atoms with Crippen molar-refractivity contribution < 1.29 is 9.90 Å². The van der Waals surface area contributed by atoms with E-state index in [1.165, 1.54) is 0 Å². The van der Waals surface area contributed by atoms with Crippen molar-refractivity contribution in [1.29, 1.82) is 0 Å². The molecular weight excluding hydrogens is 166 g/mol. The lowest BCUT2D eigenvalue weighted by Crippen LogP contribution is -2.13. The molecule has 1 aromatic rings. The molecule has 0 aliphatic rings. The highest BCUT2D eigenvalue weighted by molar-refractivity contribution is 5.94. The van der Waals surface area contributed by atoms with Gasteiger partial charge < -0.3 is 10.4 Å². The highest BCUT2D eigenvalue weighted by Crippen LogP contribution is 2.15. The van der Waals surface area contributed by atoms with E-state index in [9.17, 15) is 4.79 Å². The number of carboxylic acid groups (broad SMARTS) is 1. The van der Waals surface area contributed by atoms with E-state index < -0.39 is 5.97 Å². The van der Waals surface area contributed by atoms with Gasteiger partial charge in [-0.25, -0.2) is 4.79 Å². The van der Waals surface area contributed by atoms with E-state index in [1.807, 2.05) is 19.9 Å². The summed E-state index contributed by atoms with van der Waals surface area (Å²) < 4.78 is 0. The highest BCUT2D eigenvalue weighted by atomic mass is 16.4. The third kappa shape index (κ3) is 2.47.